The lowest BCUT2D eigenvalue weighted by Crippen LogP contribution is -2.53. The first-order valence-electron chi connectivity index (χ1n) is 11.1. The van der Waals surface area contributed by atoms with Crippen molar-refractivity contribution in [3.05, 3.63) is 70.0 Å². The Balaban J connectivity index is 1.46. The molecule has 2 aromatic heterocycles. The fourth-order valence-corrected chi connectivity index (χ4v) is 5.42. The number of allylic oxidation sites excluding steroid dienone is 1. The Morgan fingerprint density at radius 2 is 2.10 bits per heavy atom. The van der Waals surface area contributed by atoms with Crippen LogP contribution in [-0.4, -0.2) is 35.1 Å². The van der Waals surface area contributed by atoms with Crippen molar-refractivity contribution in [2.45, 2.75) is 44.1 Å². The molecule has 0 radical (unpaired) electrons. The van der Waals surface area contributed by atoms with Crippen molar-refractivity contribution >= 4 is 11.7 Å². The number of hydrogen-bond acceptors (Lipinski definition) is 4. The first-order chi connectivity index (χ1) is 15.1. The molecule has 0 spiro atoms. The summed E-state index contributed by atoms with van der Waals surface area (Å²) in [7, 11) is 0. The number of hydrogen-bond donors (Lipinski definition) is 1. The average Bonchev–Trinajstić information content (AvgIpc) is 2.79. The van der Waals surface area contributed by atoms with Crippen LogP contribution in [0.25, 0.3) is 0 Å². The van der Waals surface area contributed by atoms with Gasteiger partial charge >= 0.3 is 0 Å². The summed E-state index contributed by atoms with van der Waals surface area (Å²) in [4.78, 5) is 32.3. The van der Waals surface area contributed by atoms with Crippen molar-refractivity contribution in [3.8, 4) is 0 Å². The van der Waals surface area contributed by atoms with E-state index in [0.717, 1.165) is 31.4 Å². The molecule has 3 aliphatic rings. The molecule has 1 N–H and O–H groups in total. The molecule has 0 unspecified atom stereocenters. The van der Waals surface area contributed by atoms with Crippen LogP contribution < -0.4 is 15.8 Å². The number of nitrogens with one attached hydrogen (secondary N) is 1. The van der Waals surface area contributed by atoms with E-state index in [-0.39, 0.29) is 29.1 Å². The highest BCUT2D eigenvalue weighted by Crippen LogP contribution is 2.42. The molecule has 162 valence electrons. The second-order valence-electron chi connectivity index (χ2n) is 8.84. The van der Waals surface area contributed by atoms with Gasteiger partial charge in [0.25, 0.3) is 5.56 Å². The molecule has 3 atom stereocenters. The highest BCUT2D eigenvalue weighted by Gasteiger charge is 2.44. The summed E-state index contributed by atoms with van der Waals surface area (Å²) in [5.74, 6) is -0.214. The van der Waals surface area contributed by atoms with E-state index in [0.29, 0.717) is 25.5 Å². The number of halogens is 1. The maximum atomic E-state index is 14.4. The number of fused-ring (bicyclic) bond motifs is 4. The Labute approximate surface area is 180 Å². The number of carbonyl (C=O) groups is 1. The minimum Gasteiger partial charge on any atom is -0.353 e. The molecule has 5 rings (SSSR count). The molecule has 2 aromatic rings. The topological polar surface area (TPSA) is 67.2 Å². The van der Waals surface area contributed by atoms with Gasteiger partial charge in [-0.25, -0.2) is 9.37 Å². The summed E-state index contributed by atoms with van der Waals surface area (Å²) in [6.07, 6.45) is 9.03. The van der Waals surface area contributed by atoms with Crippen molar-refractivity contribution in [1.82, 2.24) is 14.9 Å². The van der Waals surface area contributed by atoms with Crippen molar-refractivity contribution in [3.63, 3.8) is 0 Å². The fraction of sp³-hybridized carbons (Fsp3) is 0.458. The first kappa shape index (κ1) is 20.0. The second-order valence-corrected chi connectivity index (χ2v) is 8.84. The molecule has 1 aliphatic carbocycles. The smallest absolute Gasteiger partial charge is 0.251 e. The monoisotopic (exact) mass is 422 g/mol. The predicted molar refractivity (Wildman–Crippen MR) is 117 cm³/mol. The SMILES string of the molecule is O=C(NCC1=CCCCC1)[C@H]1[C@@H]2C[C@@H](CN(c3ncccc3F)C2)c2cccc(=O)n21. The van der Waals surface area contributed by atoms with Gasteiger partial charge in [-0.15, -0.1) is 0 Å². The molecular weight excluding hydrogens is 395 g/mol. The first-order valence-corrected chi connectivity index (χ1v) is 11.1. The molecule has 6 nitrogen and oxygen atoms in total. The fourth-order valence-electron chi connectivity index (χ4n) is 5.42. The van der Waals surface area contributed by atoms with Crippen molar-refractivity contribution in [2.24, 2.45) is 5.92 Å². The standard InChI is InChI=1S/C24H27FN4O2/c25-19-8-5-11-26-23(19)28-14-17-12-18(15-28)22(29-20(17)9-4-10-21(29)30)24(31)27-13-16-6-2-1-3-7-16/h4-6,8-11,17-18,22H,1-3,7,12-15H2,(H,27,31)/t17-,18+,22+/m0/s1. The van der Waals surface area contributed by atoms with Crippen LogP contribution in [0.4, 0.5) is 10.2 Å². The van der Waals surface area contributed by atoms with Crippen LogP contribution in [0.1, 0.15) is 49.8 Å². The molecule has 4 heterocycles. The summed E-state index contributed by atoms with van der Waals surface area (Å²) in [5.41, 5.74) is 1.96. The third kappa shape index (κ3) is 3.77. The van der Waals surface area contributed by atoms with Gasteiger partial charge in [-0.2, -0.15) is 0 Å². The van der Waals surface area contributed by atoms with Gasteiger partial charge in [0.2, 0.25) is 5.91 Å². The molecule has 31 heavy (non-hydrogen) atoms. The van der Waals surface area contributed by atoms with Gasteiger partial charge < -0.3 is 10.2 Å². The number of rotatable bonds is 4. The van der Waals surface area contributed by atoms with Crippen LogP contribution >= 0.6 is 0 Å². The van der Waals surface area contributed by atoms with Gasteiger partial charge in [0.05, 0.1) is 0 Å². The number of pyridine rings is 2. The van der Waals surface area contributed by atoms with E-state index in [1.165, 1.54) is 24.1 Å². The van der Waals surface area contributed by atoms with Gasteiger partial charge in [0, 0.05) is 49.4 Å². The highest BCUT2D eigenvalue weighted by atomic mass is 19.1. The van der Waals surface area contributed by atoms with E-state index >= 15 is 0 Å². The van der Waals surface area contributed by atoms with E-state index in [4.69, 9.17) is 0 Å². The van der Waals surface area contributed by atoms with Crippen molar-refractivity contribution in [2.75, 3.05) is 24.5 Å². The summed E-state index contributed by atoms with van der Waals surface area (Å²) >= 11 is 0. The quantitative estimate of drug-likeness (QED) is 0.769. The lowest BCUT2D eigenvalue weighted by atomic mass is 9.78. The molecule has 1 fully saturated rings. The zero-order chi connectivity index (χ0) is 21.4. The summed E-state index contributed by atoms with van der Waals surface area (Å²) in [6.45, 7) is 1.60. The van der Waals surface area contributed by atoms with E-state index in [9.17, 15) is 14.0 Å². The Morgan fingerprint density at radius 3 is 2.90 bits per heavy atom. The number of aromatic nitrogens is 2. The second kappa shape index (κ2) is 8.29. The van der Waals surface area contributed by atoms with Gasteiger partial charge in [0.1, 0.15) is 6.04 Å². The molecule has 2 bridgehead atoms. The van der Waals surface area contributed by atoms with Gasteiger partial charge in [-0.05, 0) is 50.3 Å². The van der Waals surface area contributed by atoms with Crippen LogP contribution in [0.5, 0.6) is 0 Å². The molecule has 2 aliphatic heterocycles. The van der Waals surface area contributed by atoms with E-state index in [2.05, 4.69) is 16.4 Å². The van der Waals surface area contributed by atoms with Crippen LogP contribution in [0, 0.1) is 11.7 Å². The summed E-state index contributed by atoms with van der Waals surface area (Å²) in [6, 6.07) is 7.58. The predicted octanol–water partition coefficient (Wildman–Crippen LogP) is 3.16. The Morgan fingerprint density at radius 1 is 1.19 bits per heavy atom. The van der Waals surface area contributed by atoms with Crippen LogP contribution in [0.3, 0.4) is 0 Å². The van der Waals surface area contributed by atoms with Crippen LogP contribution in [-0.2, 0) is 4.79 Å². The highest BCUT2D eigenvalue weighted by molar-refractivity contribution is 5.81. The van der Waals surface area contributed by atoms with E-state index in [1.54, 1.807) is 22.9 Å². The molecule has 1 amide bonds. The zero-order valence-corrected chi connectivity index (χ0v) is 17.5. The Hall–Kier alpha value is -2.96. The molecule has 0 saturated carbocycles. The number of piperidine rings is 1. The van der Waals surface area contributed by atoms with Crippen LogP contribution in [0.2, 0.25) is 0 Å². The van der Waals surface area contributed by atoms with Crippen molar-refractivity contribution < 1.29 is 9.18 Å². The largest absolute Gasteiger partial charge is 0.353 e. The molecule has 1 saturated heterocycles. The van der Waals surface area contributed by atoms with Gasteiger partial charge in [-0.1, -0.05) is 17.7 Å². The lowest BCUT2D eigenvalue weighted by Gasteiger charge is -2.46. The molecular formula is C24H27FN4O2. The van der Waals surface area contributed by atoms with Gasteiger partial charge in [-0.3, -0.25) is 14.2 Å². The third-order valence-electron chi connectivity index (χ3n) is 6.83. The Kier molecular flexibility index (Phi) is 5.34. The zero-order valence-electron chi connectivity index (χ0n) is 17.5. The van der Waals surface area contributed by atoms with Crippen molar-refractivity contribution in [1.29, 1.82) is 0 Å². The maximum absolute atomic E-state index is 14.4. The molecule has 0 aromatic carbocycles. The number of amides is 1. The summed E-state index contributed by atoms with van der Waals surface area (Å²) < 4.78 is 16.1. The normalized spacial score (nSPS) is 24.9. The maximum Gasteiger partial charge on any atom is 0.251 e. The minimum atomic E-state index is -0.598. The van der Waals surface area contributed by atoms with Gasteiger partial charge in [0.15, 0.2) is 11.6 Å². The summed E-state index contributed by atoms with van der Waals surface area (Å²) in [5, 5.41) is 3.08. The van der Waals surface area contributed by atoms with E-state index < -0.39 is 6.04 Å². The number of anilines is 1. The minimum absolute atomic E-state index is 0.0548. The number of nitrogens with zero attached hydrogens (tertiary/aromatic N) is 3. The van der Waals surface area contributed by atoms with Crippen LogP contribution in [0.15, 0.2) is 53.0 Å². The Bertz CT molecular complexity index is 1080. The van der Waals surface area contributed by atoms with E-state index in [1.807, 2.05) is 11.0 Å². The number of carbonyl (C=O) groups excluding carboxylic acids is 1. The third-order valence-corrected chi connectivity index (χ3v) is 6.83. The average molecular weight is 423 g/mol. The molecule has 7 heteroatoms. The lowest BCUT2D eigenvalue weighted by molar-refractivity contribution is -0.126.